The van der Waals surface area contributed by atoms with Crippen molar-refractivity contribution in [3.63, 3.8) is 0 Å². The van der Waals surface area contributed by atoms with E-state index in [-0.39, 0.29) is 11.8 Å². The molecule has 1 aliphatic heterocycles. The lowest BCUT2D eigenvalue weighted by Crippen LogP contribution is -2.52. The summed E-state index contributed by atoms with van der Waals surface area (Å²) in [6.45, 7) is 6.92. The molecule has 0 spiro atoms. The zero-order chi connectivity index (χ0) is 16.7. The first kappa shape index (κ1) is 17.2. The van der Waals surface area contributed by atoms with Crippen LogP contribution in [0.2, 0.25) is 0 Å². The minimum absolute atomic E-state index is 0.0225. The molecule has 1 aromatic carbocycles. The molecule has 23 heavy (non-hydrogen) atoms. The molecular formula is C17H24N4O2. The number of nitrogens with zero attached hydrogens (tertiary/aromatic N) is 2. The molecule has 124 valence electrons. The van der Waals surface area contributed by atoms with Crippen LogP contribution in [0, 0.1) is 0 Å². The molecule has 0 bridgehead atoms. The van der Waals surface area contributed by atoms with Gasteiger partial charge in [0.25, 0.3) is 0 Å². The number of amides is 2. The average molecular weight is 316 g/mol. The maximum Gasteiger partial charge on any atom is 0.244 e. The summed E-state index contributed by atoms with van der Waals surface area (Å²) < 4.78 is 0. The van der Waals surface area contributed by atoms with Crippen molar-refractivity contribution in [3.8, 4) is 0 Å². The summed E-state index contributed by atoms with van der Waals surface area (Å²) >= 11 is 0. The number of rotatable bonds is 6. The number of carbonyl (C=O) groups is 2. The molecule has 0 saturated carbocycles. The van der Waals surface area contributed by atoms with Crippen LogP contribution in [0.3, 0.4) is 0 Å². The largest absolute Gasteiger partial charge is 0.352 e. The highest BCUT2D eigenvalue weighted by atomic mass is 16.2. The number of benzene rings is 1. The molecule has 6 heteroatoms. The maximum absolute atomic E-state index is 12.5. The van der Waals surface area contributed by atoms with Crippen LogP contribution in [0.25, 0.3) is 0 Å². The Morgan fingerprint density at radius 1 is 1.22 bits per heavy atom. The molecule has 1 atom stereocenters. The van der Waals surface area contributed by atoms with E-state index in [0.29, 0.717) is 39.3 Å². The number of nitrogens with one attached hydrogen (secondary N) is 1. The van der Waals surface area contributed by atoms with Crippen molar-refractivity contribution in [2.75, 3.05) is 39.3 Å². The smallest absolute Gasteiger partial charge is 0.244 e. The van der Waals surface area contributed by atoms with E-state index in [4.69, 9.17) is 5.73 Å². The van der Waals surface area contributed by atoms with Gasteiger partial charge in [0.05, 0.1) is 6.54 Å². The van der Waals surface area contributed by atoms with Crippen LogP contribution in [-0.4, -0.2) is 60.9 Å². The second kappa shape index (κ2) is 8.45. The first-order valence-electron chi connectivity index (χ1n) is 7.81. The van der Waals surface area contributed by atoms with Crippen LogP contribution in [-0.2, 0) is 9.59 Å². The van der Waals surface area contributed by atoms with Crippen LogP contribution in [0.1, 0.15) is 11.6 Å². The summed E-state index contributed by atoms with van der Waals surface area (Å²) in [5.74, 6) is -0.0855. The van der Waals surface area contributed by atoms with Gasteiger partial charge in [-0.25, -0.2) is 0 Å². The Balaban J connectivity index is 1.81. The predicted molar refractivity (Wildman–Crippen MR) is 89.6 cm³/mol. The Bertz CT molecular complexity index is 539. The van der Waals surface area contributed by atoms with E-state index in [1.54, 1.807) is 11.0 Å². The summed E-state index contributed by atoms with van der Waals surface area (Å²) in [4.78, 5) is 28.0. The van der Waals surface area contributed by atoms with E-state index >= 15 is 0 Å². The number of hydrogen-bond acceptors (Lipinski definition) is 4. The molecule has 1 aromatic rings. The van der Waals surface area contributed by atoms with Crippen molar-refractivity contribution in [2.24, 2.45) is 5.73 Å². The number of nitrogens with two attached hydrogens (primary N) is 1. The Morgan fingerprint density at radius 2 is 1.87 bits per heavy atom. The van der Waals surface area contributed by atoms with Crippen molar-refractivity contribution in [2.45, 2.75) is 6.04 Å². The summed E-state index contributed by atoms with van der Waals surface area (Å²) in [5.41, 5.74) is 6.88. The van der Waals surface area contributed by atoms with Gasteiger partial charge in [-0.3, -0.25) is 14.5 Å². The van der Waals surface area contributed by atoms with Crippen molar-refractivity contribution in [1.29, 1.82) is 0 Å². The molecule has 2 rings (SSSR count). The van der Waals surface area contributed by atoms with Gasteiger partial charge < -0.3 is 16.0 Å². The van der Waals surface area contributed by atoms with Gasteiger partial charge in [-0.1, -0.05) is 36.4 Å². The normalized spacial score (nSPS) is 16.7. The predicted octanol–water partition coefficient (Wildman–Crippen LogP) is 0.133. The van der Waals surface area contributed by atoms with Crippen LogP contribution in [0.15, 0.2) is 43.0 Å². The van der Waals surface area contributed by atoms with Crippen LogP contribution >= 0.6 is 0 Å². The van der Waals surface area contributed by atoms with Gasteiger partial charge in [-0.15, -0.1) is 6.58 Å². The van der Waals surface area contributed by atoms with Crippen molar-refractivity contribution >= 4 is 11.8 Å². The van der Waals surface area contributed by atoms with Gasteiger partial charge in [-0.2, -0.15) is 0 Å². The first-order valence-corrected chi connectivity index (χ1v) is 7.81. The molecule has 1 heterocycles. The molecule has 1 saturated heterocycles. The van der Waals surface area contributed by atoms with Gasteiger partial charge in [0.1, 0.15) is 6.04 Å². The molecular weight excluding hydrogens is 292 g/mol. The molecule has 0 aliphatic carbocycles. The van der Waals surface area contributed by atoms with Crippen molar-refractivity contribution in [3.05, 3.63) is 48.6 Å². The molecule has 1 fully saturated rings. The van der Waals surface area contributed by atoms with E-state index in [2.05, 4.69) is 11.9 Å². The Hall–Kier alpha value is -2.18. The highest BCUT2D eigenvalue weighted by Gasteiger charge is 2.26. The quantitative estimate of drug-likeness (QED) is 0.732. The van der Waals surface area contributed by atoms with Crippen LogP contribution in [0.4, 0.5) is 0 Å². The second-order valence-electron chi connectivity index (χ2n) is 5.58. The first-order chi connectivity index (χ1) is 11.1. The van der Waals surface area contributed by atoms with E-state index in [1.165, 1.54) is 0 Å². The molecule has 0 radical (unpaired) electrons. The lowest BCUT2D eigenvalue weighted by Gasteiger charge is -2.35. The van der Waals surface area contributed by atoms with Crippen molar-refractivity contribution < 1.29 is 9.59 Å². The highest BCUT2D eigenvalue weighted by Crippen LogP contribution is 2.14. The third-order valence-corrected chi connectivity index (χ3v) is 3.92. The van der Waals surface area contributed by atoms with E-state index in [9.17, 15) is 9.59 Å². The SMILES string of the molecule is C=CCNC(=O)CN1CCN(C(=O)C(N)c2ccccc2)CC1. The van der Waals surface area contributed by atoms with Gasteiger partial charge >= 0.3 is 0 Å². The number of carbonyl (C=O) groups excluding carboxylic acids is 2. The number of hydrogen-bond donors (Lipinski definition) is 2. The standard InChI is InChI=1S/C17H24N4O2/c1-2-8-19-15(22)13-20-9-11-21(12-10-20)17(23)16(18)14-6-4-3-5-7-14/h2-7,16H,1,8-13,18H2,(H,19,22). The molecule has 1 aliphatic rings. The van der Waals surface area contributed by atoms with Crippen molar-refractivity contribution in [1.82, 2.24) is 15.1 Å². The molecule has 0 aromatic heterocycles. The zero-order valence-corrected chi connectivity index (χ0v) is 13.3. The summed E-state index contributed by atoms with van der Waals surface area (Å²) in [5, 5.41) is 2.75. The molecule has 2 amide bonds. The summed E-state index contributed by atoms with van der Waals surface area (Å²) in [6, 6.07) is 8.76. The van der Waals surface area contributed by atoms with E-state index < -0.39 is 6.04 Å². The fraction of sp³-hybridized carbons (Fsp3) is 0.412. The number of piperazine rings is 1. The second-order valence-corrected chi connectivity index (χ2v) is 5.58. The Kier molecular flexibility index (Phi) is 6.31. The van der Waals surface area contributed by atoms with Gasteiger partial charge in [0, 0.05) is 32.7 Å². The third-order valence-electron chi connectivity index (χ3n) is 3.92. The lowest BCUT2D eigenvalue weighted by molar-refractivity contribution is -0.134. The fourth-order valence-corrected chi connectivity index (χ4v) is 2.57. The highest BCUT2D eigenvalue weighted by molar-refractivity contribution is 5.83. The third kappa shape index (κ3) is 4.91. The molecule has 6 nitrogen and oxygen atoms in total. The minimum atomic E-state index is -0.626. The minimum Gasteiger partial charge on any atom is -0.352 e. The lowest BCUT2D eigenvalue weighted by atomic mass is 10.1. The Labute approximate surface area is 136 Å². The average Bonchev–Trinajstić information content (AvgIpc) is 2.60. The van der Waals surface area contributed by atoms with Gasteiger partial charge in [0.15, 0.2) is 0 Å². The van der Waals surface area contributed by atoms with E-state index in [1.807, 2.05) is 35.2 Å². The van der Waals surface area contributed by atoms with Crippen LogP contribution < -0.4 is 11.1 Å². The van der Waals surface area contributed by atoms with Gasteiger partial charge in [-0.05, 0) is 5.56 Å². The summed E-state index contributed by atoms with van der Waals surface area (Å²) in [6.07, 6.45) is 1.65. The molecule has 1 unspecified atom stereocenters. The Morgan fingerprint density at radius 3 is 2.48 bits per heavy atom. The van der Waals surface area contributed by atoms with Crippen LogP contribution in [0.5, 0.6) is 0 Å². The topological polar surface area (TPSA) is 78.7 Å². The maximum atomic E-state index is 12.5. The fourth-order valence-electron chi connectivity index (χ4n) is 2.57. The van der Waals surface area contributed by atoms with Gasteiger partial charge in [0.2, 0.25) is 11.8 Å². The van der Waals surface area contributed by atoms with E-state index in [0.717, 1.165) is 5.56 Å². The monoisotopic (exact) mass is 316 g/mol. The summed E-state index contributed by atoms with van der Waals surface area (Å²) in [7, 11) is 0. The zero-order valence-electron chi connectivity index (χ0n) is 13.3. The molecule has 3 N–H and O–H groups in total.